The van der Waals surface area contributed by atoms with Crippen molar-refractivity contribution in [2.75, 3.05) is 26.1 Å². The van der Waals surface area contributed by atoms with Gasteiger partial charge in [0.2, 0.25) is 0 Å². The highest BCUT2D eigenvalue weighted by Crippen LogP contribution is 2.25. The number of carbonyl (C=O) groups excluding carboxylic acids is 2. The summed E-state index contributed by atoms with van der Waals surface area (Å²) in [6.45, 7) is -0.247. The molecule has 0 bridgehead atoms. The minimum absolute atomic E-state index is 0.221. The number of hydrogen-bond acceptors (Lipinski definition) is 5. The second-order valence-electron chi connectivity index (χ2n) is 4.70. The van der Waals surface area contributed by atoms with E-state index < -0.39 is 5.97 Å². The third-order valence-electron chi connectivity index (χ3n) is 3.08. The molecule has 0 heterocycles. The van der Waals surface area contributed by atoms with Gasteiger partial charge in [0.1, 0.15) is 17.1 Å². The zero-order chi connectivity index (χ0) is 17.5. The first-order valence-corrected chi connectivity index (χ1v) is 8.06. The van der Waals surface area contributed by atoms with E-state index in [9.17, 15) is 9.59 Å². The molecule has 2 aromatic carbocycles. The molecule has 0 radical (unpaired) electrons. The lowest BCUT2D eigenvalue weighted by atomic mass is 10.2. The standard InChI is InChI=1S/C17H16INO5/c1-22-13-7-8-14(17(21)23-2)15(9-13)24-10-16(20)19-12-5-3-11(18)4-6-12/h3-9H,10H2,1-2H3,(H,19,20). The van der Waals surface area contributed by atoms with Gasteiger partial charge in [0.05, 0.1) is 14.2 Å². The van der Waals surface area contributed by atoms with Crippen LogP contribution in [-0.2, 0) is 9.53 Å². The molecule has 2 rings (SSSR count). The van der Waals surface area contributed by atoms with Crippen molar-refractivity contribution in [3.8, 4) is 11.5 Å². The summed E-state index contributed by atoms with van der Waals surface area (Å²) in [6.07, 6.45) is 0. The van der Waals surface area contributed by atoms with Crippen molar-refractivity contribution in [3.63, 3.8) is 0 Å². The van der Waals surface area contributed by atoms with Gasteiger partial charge < -0.3 is 19.5 Å². The van der Waals surface area contributed by atoms with Gasteiger partial charge >= 0.3 is 5.97 Å². The summed E-state index contributed by atoms with van der Waals surface area (Å²) in [5, 5.41) is 2.72. The lowest BCUT2D eigenvalue weighted by Gasteiger charge is -2.12. The summed E-state index contributed by atoms with van der Waals surface area (Å²) < 4.78 is 16.3. The Balaban J connectivity index is 2.05. The highest BCUT2D eigenvalue weighted by atomic mass is 127. The number of anilines is 1. The molecule has 0 aliphatic carbocycles. The molecule has 0 spiro atoms. The molecule has 0 saturated heterocycles. The summed E-state index contributed by atoms with van der Waals surface area (Å²) in [4.78, 5) is 23.7. The molecular weight excluding hydrogens is 425 g/mol. The number of amides is 1. The molecule has 0 aliphatic heterocycles. The number of methoxy groups -OCH3 is 2. The Hall–Kier alpha value is -2.29. The van der Waals surface area contributed by atoms with Gasteiger partial charge in [0, 0.05) is 15.3 Å². The van der Waals surface area contributed by atoms with Gasteiger partial charge in [-0.05, 0) is 59.0 Å². The van der Waals surface area contributed by atoms with Crippen LogP contribution in [-0.4, -0.2) is 32.7 Å². The molecular formula is C17H16INO5. The minimum Gasteiger partial charge on any atom is -0.497 e. The normalized spacial score (nSPS) is 9.96. The first-order valence-electron chi connectivity index (χ1n) is 6.98. The molecule has 6 nitrogen and oxygen atoms in total. The molecule has 24 heavy (non-hydrogen) atoms. The Morgan fingerprint density at radius 2 is 1.79 bits per heavy atom. The second kappa shape index (κ2) is 8.53. The maximum atomic E-state index is 12.0. The van der Waals surface area contributed by atoms with E-state index in [1.54, 1.807) is 18.2 Å². The van der Waals surface area contributed by atoms with Crippen LogP contribution in [0, 0.1) is 3.57 Å². The van der Waals surface area contributed by atoms with E-state index in [1.165, 1.54) is 26.4 Å². The largest absolute Gasteiger partial charge is 0.497 e. The van der Waals surface area contributed by atoms with Crippen molar-refractivity contribution < 1.29 is 23.8 Å². The maximum Gasteiger partial charge on any atom is 0.341 e. The number of nitrogens with one attached hydrogen (secondary N) is 1. The van der Waals surface area contributed by atoms with Crippen LogP contribution < -0.4 is 14.8 Å². The monoisotopic (exact) mass is 441 g/mol. The van der Waals surface area contributed by atoms with E-state index in [1.807, 2.05) is 12.1 Å². The number of benzene rings is 2. The summed E-state index contributed by atoms with van der Waals surface area (Å²) in [5.41, 5.74) is 0.892. The smallest absolute Gasteiger partial charge is 0.341 e. The Labute approximate surface area is 153 Å². The molecule has 2 aromatic rings. The van der Waals surface area contributed by atoms with Crippen molar-refractivity contribution in [1.82, 2.24) is 0 Å². The number of carbonyl (C=O) groups is 2. The Kier molecular flexibility index (Phi) is 6.42. The fraction of sp³-hybridized carbons (Fsp3) is 0.176. The fourth-order valence-electron chi connectivity index (χ4n) is 1.90. The molecule has 0 saturated carbocycles. The third-order valence-corrected chi connectivity index (χ3v) is 3.80. The average molecular weight is 441 g/mol. The first-order chi connectivity index (χ1) is 11.5. The van der Waals surface area contributed by atoms with Crippen molar-refractivity contribution in [1.29, 1.82) is 0 Å². The van der Waals surface area contributed by atoms with Crippen molar-refractivity contribution in [2.45, 2.75) is 0 Å². The molecule has 0 fully saturated rings. The van der Waals surface area contributed by atoms with Crippen LogP contribution in [0.4, 0.5) is 5.69 Å². The van der Waals surface area contributed by atoms with Gasteiger partial charge in [0.15, 0.2) is 6.61 Å². The number of ether oxygens (including phenoxy) is 3. The number of esters is 1. The topological polar surface area (TPSA) is 73.9 Å². The van der Waals surface area contributed by atoms with Gasteiger partial charge in [-0.15, -0.1) is 0 Å². The van der Waals surface area contributed by atoms with E-state index in [0.29, 0.717) is 11.4 Å². The van der Waals surface area contributed by atoms with E-state index in [-0.39, 0.29) is 23.8 Å². The number of rotatable bonds is 6. The van der Waals surface area contributed by atoms with Crippen LogP contribution >= 0.6 is 22.6 Å². The van der Waals surface area contributed by atoms with Crippen molar-refractivity contribution >= 4 is 40.2 Å². The van der Waals surface area contributed by atoms with E-state index in [4.69, 9.17) is 14.2 Å². The van der Waals surface area contributed by atoms with E-state index in [2.05, 4.69) is 27.9 Å². The van der Waals surface area contributed by atoms with Gasteiger partial charge in [-0.3, -0.25) is 4.79 Å². The van der Waals surface area contributed by atoms with Crippen LogP contribution in [0.15, 0.2) is 42.5 Å². The average Bonchev–Trinajstić information content (AvgIpc) is 2.61. The first kappa shape index (κ1) is 18.1. The summed E-state index contributed by atoms with van der Waals surface area (Å²) >= 11 is 2.18. The molecule has 7 heteroatoms. The fourth-order valence-corrected chi connectivity index (χ4v) is 2.26. The molecule has 1 N–H and O–H groups in total. The van der Waals surface area contributed by atoms with Gasteiger partial charge in [-0.1, -0.05) is 0 Å². The van der Waals surface area contributed by atoms with Crippen LogP contribution in [0.2, 0.25) is 0 Å². The molecule has 1 amide bonds. The van der Waals surface area contributed by atoms with Gasteiger partial charge in [0.25, 0.3) is 5.91 Å². The highest BCUT2D eigenvalue weighted by Gasteiger charge is 2.15. The van der Waals surface area contributed by atoms with E-state index in [0.717, 1.165) is 3.57 Å². The van der Waals surface area contributed by atoms with E-state index >= 15 is 0 Å². The zero-order valence-corrected chi connectivity index (χ0v) is 15.3. The zero-order valence-electron chi connectivity index (χ0n) is 13.2. The Morgan fingerprint density at radius 3 is 2.42 bits per heavy atom. The predicted molar refractivity (Wildman–Crippen MR) is 97.6 cm³/mol. The predicted octanol–water partition coefficient (Wildman–Crippen LogP) is 3.10. The lowest BCUT2D eigenvalue weighted by Crippen LogP contribution is -2.21. The van der Waals surface area contributed by atoms with Crippen LogP contribution in [0.3, 0.4) is 0 Å². The summed E-state index contributed by atoms with van der Waals surface area (Å²) in [5.74, 6) is -0.157. The summed E-state index contributed by atoms with van der Waals surface area (Å²) in [6, 6.07) is 12.0. The molecule has 0 atom stereocenters. The Bertz CT molecular complexity index is 730. The van der Waals surface area contributed by atoms with Gasteiger partial charge in [-0.25, -0.2) is 4.79 Å². The van der Waals surface area contributed by atoms with Crippen LogP contribution in [0.25, 0.3) is 0 Å². The van der Waals surface area contributed by atoms with Crippen molar-refractivity contribution in [3.05, 3.63) is 51.6 Å². The molecule has 0 unspecified atom stereocenters. The number of halogens is 1. The molecule has 0 aliphatic rings. The maximum absolute atomic E-state index is 12.0. The summed E-state index contributed by atoms with van der Waals surface area (Å²) in [7, 11) is 2.78. The SMILES string of the molecule is COC(=O)c1ccc(OC)cc1OCC(=O)Nc1ccc(I)cc1. The highest BCUT2D eigenvalue weighted by molar-refractivity contribution is 14.1. The van der Waals surface area contributed by atoms with Crippen molar-refractivity contribution in [2.24, 2.45) is 0 Å². The molecule has 126 valence electrons. The van der Waals surface area contributed by atoms with Crippen LogP contribution in [0.1, 0.15) is 10.4 Å². The Morgan fingerprint density at radius 1 is 1.08 bits per heavy atom. The lowest BCUT2D eigenvalue weighted by molar-refractivity contribution is -0.118. The molecule has 0 aromatic heterocycles. The third kappa shape index (κ3) is 4.85. The minimum atomic E-state index is -0.550. The van der Waals surface area contributed by atoms with Gasteiger partial charge in [-0.2, -0.15) is 0 Å². The second-order valence-corrected chi connectivity index (χ2v) is 5.94. The quantitative estimate of drug-likeness (QED) is 0.551. The number of hydrogen-bond donors (Lipinski definition) is 1. The van der Waals surface area contributed by atoms with Crippen LogP contribution in [0.5, 0.6) is 11.5 Å².